The Morgan fingerprint density at radius 3 is 2.50 bits per heavy atom. The smallest absolute Gasteiger partial charge is 0.169 e. The van der Waals surface area contributed by atoms with Gasteiger partial charge in [0.25, 0.3) is 0 Å². The summed E-state index contributed by atoms with van der Waals surface area (Å²) >= 11 is 3.08. The number of hydrogen-bond acceptors (Lipinski definition) is 2. The lowest BCUT2D eigenvalue weighted by molar-refractivity contribution is 0.282. The van der Waals surface area contributed by atoms with E-state index in [1.165, 1.54) is 6.07 Å². The molecule has 0 saturated carbocycles. The minimum atomic E-state index is -0.696. The van der Waals surface area contributed by atoms with Crippen LogP contribution >= 0.6 is 15.9 Å². The van der Waals surface area contributed by atoms with Crippen LogP contribution in [0.15, 0.2) is 16.6 Å². The van der Waals surface area contributed by atoms with Crippen LogP contribution in [-0.2, 0) is 0 Å². The van der Waals surface area contributed by atoms with Crippen LogP contribution < -0.4 is 10.1 Å². The Bertz CT molecular complexity index is 376. The van der Waals surface area contributed by atoms with Gasteiger partial charge in [0.15, 0.2) is 11.6 Å². The molecule has 0 aliphatic carbocycles. The Labute approximate surface area is 115 Å². The quantitative estimate of drug-likeness (QED) is 0.806. The van der Waals surface area contributed by atoms with Crippen LogP contribution in [0.5, 0.6) is 5.75 Å². The molecule has 0 bridgehead atoms. The summed E-state index contributed by atoms with van der Waals surface area (Å²) in [6.07, 6.45) is 0. The Morgan fingerprint density at radius 1 is 1.28 bits per heavy atom. The number of nitrogens with one attached hydrogen (secondary N) is 1. The summed E-state index contributed by atoms with van der Waals surface area (Å²) in [4.78, 5) is 0. The van der Waals surface area contributed by atoms with Crippen molar-refractivity contribution in [1.29, 1.82) is 0 Å². The molecule has 0 spiro atoms. The average molecular weight is 322 g/mol. The molecule has 1 aromatic carbocycles. The molecule has 0 heterocycles. The summed E-state index contributed by atoms with van der Waals surface area (Å²) in [5, 5.41) is 3.27. The summed E-state index contributed by atoms with van der Waals surface area (Å²) in [5.41, 5.74) is 0. The second-order valence-corrected chi connectivity index (χ2v) is 5.39. The molecule has 0 fully saturated rings. The fraction of sp³-hybridized carbons (Fsp3) is 0.538. The fourth-order valence-corrected chi connectivity index (χ4v) is 1.86. The van der Waals surface area contributed by atoms with Crippen molar-refractivity contribution in [3.8, 4) is 5.75 Å². The van der Waals surface area contributed by atoms with E-state index in [-0.39, 0.29) is 10.2 Å². The van der Waals surface area contributed by atoms with Gasteiger partial charge in [-0.25, -0.2) is 8.78 Å². The summed E-state index contributed by atoms with van der Waals surface area (Å²) in [7, 11) is 0. The van der Waals surface area contributed by atoms with Crippen molar-refractivity contribution in [3.05, 3.63) is 28.2 Å². The van der Waals surface area contributed by atoms with Gasteiger partial charge in [-0.1, -0.05) is 13.8 Å². The van der Waals surface area contributed by atoms with Gasteiger partial charge in [-0.15, -0.1) is 0 Å². The highest BCUT2D eigenvalue weighted by atomic mass is 79.9. The van der Waals surface area contributed by atoms with Crippen molar-refractivity contribution in [3.63, 3.8) is 0 Å². The molecule has 5 heteroatoms. The van der Waals surface area contributed by atoms with Crippen LogP contribution in [0.2, 0.25) is 0 Å². The van der Waals surface area contributed by atoms with Crippen molar-refractivity contribution in [2.24, 2.45) is 5.92 Å². The number of hydrogen-bond donors (Lipinski definition) is 1. The van der Waals surface area contributed by atoms with E-state index in [4.69, 9.17) is 4.74 Å². The van der Waals surface area contributed by atoms with E-state index in [1.807, 2.05) is 0 Å². The normalized spacial score (nSPS) is 12.8. The number of rotatable bonds is 6. The van der Waals surface area contributed by atoms with Gasteiger partial charge in [-0.05, 0) is 34.8 Å². The molecular formula is C13H18BrF2NO. The lowest BCUT2D eigenvalue weighted by atomic mass is 10.1. The summed E-state index contributed by atoms with van der Waals surface area (Å²) < 4.78 is 31.9. The maximum absolute atomic E-state index is 13.4. The first-order chi connectivity index (χ1) is 8.41. The number of ether oxygens (including phenoxy) is 1. The van der Waals surface area contributed by atoms with E-state index in [0.29, 0.717) is 25.1 Å². The van der Waals surface area contributed by atoms with Gasteiger partial charge in [-0.3, -0.25) is 0 Å². The minimum Gasteiger partial charge on any atom is -0.488 e. The highest BCUT2D eigenvalue weighted by Gasteiger charge is 2.11. The molecule has 0 aromatic heterocycles. The Morgan fingerprint density at radius 2 is 1.94 bits per heavy atom. The molecule has 102 valence electrons. The summed E-state index contributed by atoms with van der Waals surface area (Å²) in [6.45, 7) is 7.27. The van der Waals surface area contributed by atoms with E-state index >= 15 is 0 Å². The zero-order valence-corrected chi connectivity index (χ0v) is 12.4. The second kappa shape index (κ2) is 7.04. The van der Waals surface area contributed by atoms with Crippen LogP contribution in [0.3, 0.4) is 0 Å². The Hall–Kier alpha value is -0.680. The van der Waals surface area contributed by atoms with E-state index in [0.717, 1.165) is 6.07 Å². The standard InChI is InChI=1S/C13H18BrF2NO/c1-8(2)9(3)17-4-5-18-13-11(14)6-10(15)7-12(13)16/h6-9,17H,4-5H2,1-3H3. The molecule has 0 radical (unpaired) electrons. The van der Waals surface area contributed by atoms with E-state index in [1.54, 1.807) is 0 Å². The van der Waals surface area contributed by atoms with Gasteiger partial charge in [0.2, 0.25) is 0 Å². The Kier molecular flexibility index (Phi) is 6.02. The first kappa shape index (κ1) is 15.4. The average Bonchev–Trinajstić information content (AvgIpc) is 2.26. The van der Waals surface area contributed by atoms with Crippen molar-refractivity contribution in [1.82, 2.24) is 5.32 Å². The second-order valence-electron chi connectivity index (χ2n) is 4.53. The van der Waals surface area contributed by atoms with Gasteiger partial charge < -0.3 is 10.1 Å². The molecular weight excluding hydrogens is 304 g/mol. The predicted octanol–water partition coefficient (Wildman–Crippen LogP) is 3.74. The van der Waals surface area contributed by atoms with Crippen molar-refractivity contribution < 1.29 is 13.5 Å². The van der Waals surface area contributed by atoms with Crippen LogP contribution in [-0.4, -0.2) is 19.2 Å². The largest absolute Gasteiger partial charge is 0.488 e. The van der Waals surface area contributed by atoms with Gasteiger partial charge >= 0.3 is 0 Å². The molecule has 18 heavy (non-hydrogen) atoms. The van der Waals surface area contributed by atoms with Crippen LogP contribution in [0.4, 0.5) is 8.78 Å². The highest BCUT2D eigenvalue weighted by molar-refractivity contribution is 9.10. The van der Waals surface area contributed by atoms with E-state index in [2.05, 4.69) is 42.0 Å². The van der Waals surface area contributed by atoms with Gasteiger partial charge in [-0.2, -0.15) is 0 Å². The zero-order valence-electron chi connectivity index (χ0n) is 10.8. The number of benzene rings is 1. The molecule has 1 atom stereocenters. The first-order valence-corrected chi connectivity index (χ1v) is 6.72. The predicted molar refractivity (Wildman–Crippen MR) is 71.9 cm³/mol. The van der Waals surface area contributed by atoms with E-state index in [9.17, 15) is 8.78 Å². The third-order valence-electron chi connectivity index (χ3n) is 2.78. The molecule has 1 rings (SSSR count). The van der Waals surface area contributed by atoms with Crippen LogP contribution in [0.1, 0.15) is 20.8 Å². The molecule has 1 N–H and O–H groups in total. The monoisotopic (exact) mass is 321 g/mol. The highest BCUT2D eigenvalue weighted by Crippen LogP contribution is 2.29. The van der Waals surface area contributed by atoms with Crippen LogP contribution in [0.25, 0.3) is 0 Å². The third kappa shape index (κ3) is 4.53. The van der Waals surface area contributed by atoms with Crippen molar-refractivity contribution in [2.75, 3.05) is 13.2 Å². The Balaban J connectivity index is 2.45. The fourth-order valence-electron chi connectivity index (χ4n) is 1.34. The lowest BCUT2D eigenvalue weighted by Gasteiger charge is -2.17. The SMILES string of the molecule is CC(C)C(C)NCCOc1c(F)cc(F)cc1Br. The lowest BCUT2D eigenvalue weighted by Crippen LogP contribution is -2.34. The third-order valence-corrected chi connectivity index (χ3v) is 3.37. The zero-order chi connectivity index (χ0) is 13.7. The maximum atomic E-state index is 13.4. The molecule has 0 saturated heterocycles. The maximum Gasteiger partial charge on any atom is 0.169 e. The first-order valence-electron chi connectivity index (χ1n) is 5.92. The van der Waals surface area contributed by atoms with Gasteiger partial charge in [0.1, 0.15) is 12.4 Å². The number of halogens is 3. The topological polar surface area (TPSA) is 21.3 Å². The van der Waals surface area contributed by atoms with Crippen LogP contribution in [0, 0.1) is 17.6 Å². The molecule has 0 aliphatic heterocycles. The van der Waals surface area contributed by atoms with Crippen molar-refractivity contribution >= 4 is 15.9 Å². The van der Waals surface area contributed by atoms with Gasteiger partial charge in [0, 0.05) is 18.7 Å². The molecule has 1 unspecified atom stereocenters. The molecule has 0 aliphatic rings. The van der Waals surface area contributed by atoms with E-state index < -0.39 is 11.6 Å². The minimum absolute atomic E-state index is 0.0513. The molecule has 0 amide bonds. The summed E-state index contributed by atoms with van der Waals surface area (Å²) in [5.74, 6) is -0.744. The molecule has 2 nitrogen and oxygen atoms in total. The summed E-state index contributed by atoms with van der Waals surface area (Å²) in [6, 6.07) is 2.36. The molecule has 1 aromatic rings. The van der Waals surface area contributed by atoms with Crippen molar-refractivity contribution in [2.45, 2.75) is 26.8 Å². The van der Waals surface area contributed by atoms with Gasteiger partial charge in [0.05, 0.1) is 4.47 Å².